The van der Waals surface area contributed by atoms with Crippen LogP contribution in [0.25, 0.3) is 10.9 Å². The number of carbonyl (C=O) groups is 1. The Labute approximate surface area is 155 Å². The summed E-state index contributed by atoms with van der Waals surface area (Å²) in [4.78, 5) is 29.5. The molecule has 1 aliphatic rings. The molecule has 3 heterocycles. The van der Waals surface area contributed by atoms with Crippen molar-refractivity contribution in [1.29, 1.82) is 0 Å². The summed E-state index contributed by atoms with van der Waals surface area (Å²) in [6, 6.07) is 6.10. The van der Waals surface area contributed by atoms with E-state index in [0.29, 0.717) is 19.5 Å². The van der Waals surface area contributed by atoms with Crippen molar-refractivity contribution in [3.8, 4) is 5.75 Å². The van der Waals surface area contributed by atoms with E-state index in [1.807, 2.05) is 14.0 Å². The van der Waals surface area contributed by atoms with Crippen molar-refractivity contribution in [3.05, 3.63) is 63.5 Å². The standard InChI is InChI=1S/C20H20FN3O3/c1-12-7-18(25)19(10-23(12)2)27-11-20(26)24-6-5-17-15(9-24)14-8-13(21)3-4-16(14)22-17/h3-4,7-8,10,22H,5-6,9,11H2,1-2H3. The van der Waals surface area contributed by atoms with E-state index in [2.05, 4.69) is 4.98 Å². The molecule has 1 aromatic carbocycles. The number of nitrogens with one attached hydrogen (secondary N) is 1. The molecule has 0 spiro atoms. The first-order chi connectivity index (χ1) is 12.9. The molecule has 0 saturated heterocycles. The summed E-state index contributed by atoms with van der Waals surface area (Å²) in [6.45, 7) is 2.57. The van der Waals surface area contributed by atoms with E-state index in [9.17, 15) is 14.0 Å². The second-order valence-corrected chi connectivity index (χ2v) is 6.88. The van der Waals surface area contributed by atoms with Gasteiger partial charge in [0.15, 0.2) is 12.4 Å². The number of nitrogens with zero attached hydrogens (tertiary/aromatic N) is 2. The minimum Gasteiger partial charge on any atom is -0.478 e. The molecule has 140 valence electrons. The number of benzene rings is 1. The van der Waals surface area contributed by atoms with Gasteiger partial charge in [-0.3, -0.25) is 9.59 Å². The average Bonchev–Trinajstić information content (AvgIpc) is 3.00. The third-order valence-corrected chi connectivity index (χ3v) is 5.09. The second-order valence-electron chi connectivity index (χ2n) is 6.88. The zero-order valence-electron chi connectivity index (χ0n) is 15.2. The molecule has 0 radical (unpaired) electrons. The number of aromatic amines is 1. The van der Waals surface area contributed by atoms with E-state index >= 15 is 0 Å². The monoisotopic (exact) mass is 369 g/mol. The predicted molar refractivity (Wildman–Crippen MR) is 99.3 cm³/mol. The molecule has 6 nitrogen and oxygen atoms in total. The Bertz CT molecular complexity index is 1100. The lowest BCUT2D eigenvalue weighted by molar-refractivity contribution is -0.134. The fourth-order valence-electron chi connectivity index (χ4n) is 3.44. The zero-order valence-corrected chi connectivity index (χ0v) is 15.2. The van der Waals surface area contributed by atoms with Gasteiger partial charge < -0.3 is 19.2 Å². The Balaban J connectivity index is 1.50. The molecule has 3 aromatic rings. The molecule has 0 fully saturated rings. The second kappa shape index (κ2) is 6.57. The molecule has 7 heteroatoms. The van der Waals surface area contributed by atoms with Crippen LogP contribution in [0.2, 0.25) is 0 Å². The highest BCUT2D eigenvalue weighted by molar-refractivity contribution is 5.86. The van der Waals surface area contributed by atoms with Crippen LogP contribution < -0.4 is 10.2 Å². The number of H-pyrrole nitrogens is 1. The number of rotatable bonds is 3. The van der Waals surface area contributed by atoms with Gasteiger partial charge in [-0.1, -0.05) is 0 Å². The lowest BCUT2D eigenvalue weighted by Gasteiger charge is -2.27. The first-order valence-corrected chi connectivity index (χ1v) is 8.79. The molecular formula is C20H20FN3O3. The van der Waals surface area contributed by atoms with Crippen LogP contribution in [0.4, 0.5) is 4.39 Å². The third kappa shape index (κ3) is 3.20. The maximum atomic E-state index is 13.6. The summed E-state index contributed by atoms with van der Waals surface area (Å²) in [5.41, 5.74) is 3.42. The summed E-state index contributed by atoms with van der Waals surface area (Å²) in [5.74, 6) is -0.344. The quantitative estimate of drug-likeness (QED) is 0.770. The molecular weight excluding hydrogens is 349 g/mol. The molecule has 0 aliphatic carbocycles. The SMILES string of the molecule is Cc1cc(=O)c(OCC(=O)N2CCc3[nH]c4ccc(F)cc4c3C2)cn1C. The number of fused-ring (bicyclic) bond motifs is 3. The molecule has 0 saturated carbocycles. The molecule has 2 aromatic heterocycles. The normalized spacial score (nSPS) is 13.7. The number of pyridine rings is 1. The fraction of sp³-hybridized carbons (Fsp3) is 0.300. The van der Waals surface area contributed by atoms with Gasteiger partial charge >= 0.3 is 0 Å². The molecule has 1 N–H and O–H groups in total. The topological polar surface area (TPSA) is 67.3 Å². The summed E-state index contributed by atoms with van der Waals surface area (Å²) in [7, 11) is 1.81. The van der Waals surface area contributed by atoms with Crippen LogP contribution in [0.5, 0.6) is 5.75 Å². The number of hydrogen-bond acceptors (Lipinski definition) is 3. The van der Waals surface area contributed by atoms with Gasteiger partial charge in [0.25, 0.3) is 5.91 Å². The predicted octanol–water partition coefficient (Wildman–Crippen LogP) is 2.28. The Kier molecular flexibility index (Phi) is 4.22. The summed E-state index contributed by atoms with van der Waals surface area (Å²) in [6.07, 6.45) is 2.26. The number of amides is 1. The molecule has 1 amide bonds. The van der Waals surface area contributed by atoms with E-state index in [1.54, 1.807) is 21.7 Å². The smallest absolute Gasteiger partial charge is 0.260 e. The van der Waals surface area contributed by atoms with Crippen LogP contribution in [0.3, 0.4) is 0 Å². The molecule has 0 unspecified atom stereocenters. The molecule has 4 rings (SSSR count). The lowest BCUT2D eigenvalue weighted by atomic mass is 10.0. The van der Waals surface area contributed by atoms with E-state index in [4.69, 9.17) is 4.74 Å². The highest BCUT2D eigenvalue weighted by atomic mass is 19.1. The van der Waals surface area contributed by atoms with Gasteiger partial charge in [-0.05, 0) is 25.1 Å². The highest BCUT2D eigenvalue weighted by Gasteiger charge is 2.24. The largest absolute Gasteiger partial charge is 0.478 e. The highest BCUT2D eigenvalue weighted by Crippen LogP contribution is 2.28. The molecule has 0 bridgehead atoms. The molecule has 0 atom stereocenters. The molecule has 27 heavy (non-hydrogen) atoms. The molecule has 1 aliphatic heterocycles. The number of halogens is 1. The van der Waals surface area contributed by atoms with Crippen molar-refractivity contribution in [2.45, 2.75) is 19.9 Å². The fourth-order valence-corrected chi connectivity index (χ4v) is 3.44. The number of ether oxygens (including phenoxy) is 1. The lowest BCUT2D eigenvalue weighted by Crippen LogP contribution is -2.39. The Morgan fingerprint density at radius 1 is 1.33 bits per heavy atom. The van der Waals surface area contributed by atoms with Crippen molar-refractivity contribution in [2.75, 3.05) is 13.2 Å². The van der Waals surface area contributed by atoms with Crippen molar-refractivity contribution in [3.63, 3.8) is 0 Å². The minimum atomic E-state index is -0.300. The van der Waals surface area contributed by atoms with Gasteiger partial charge in [0, 0.05) is 66.7 Å². The van der Waals surface area contributed by atoms with Gasteiger partial charge in [0.05, 0.1) is 0 Å². The van der Waals surface area contributed by atoms with Crippen LogP contribution in [0, 0.1) is 12.7 Å². The summed E-state index contributed by atoms with van der Waals surface area (Å²) < 4.78 is 20.8. The van der Waals surface area contributed by atoms with E-state index in [0.717, 1.165) is 27.9 Å². The van der Waals surface area contributed by atoms with Gasteiger partial charge in [0.1, 0.15) is 5.82 Å². The van der Waals surface area contributed by atoms with Gasteiger partial charge in [-0.2, -0.15) is 0 Å². The number of aryl methyl sites for hydroxylation is 2. The van der Waals surface area contributed by atoms with Crippen LogP contribution >= 0.6 is 0 Å². The maximum absolute atomic E-state index is 13.6. The first kappa shape index (κ1) is 17.3. The average molecular weight is 369 g/mol. The van der Waals surface area contributed by atoms with Crippen LogP contribution in [-0.4, -0.2) is 33.5 Å². The van der Waals surface area contributed by atoms with Crippen molar-refractivity contribution in [2.24, 2.45) is 7.05 Å². The van der Waals surface area contributed by atoms with E-state index < -0.39 is 0 Å². The number of aromatic nitrogens is 2. The zero-order chi connectivity index (χ0) is 19.1. The summed E-state index contributed by atoms with van der Waals surface area (Å²) in [5, 5.41) is 0.802. The van der Waals surface area contributed by atoms with E-state index in [1.165, 1.54) is 18.2 Å². The Hall–Kier alpha value is -3.09. The van der Waals surface area contributed by atoms with Crippen LogP contribution in [0.1, 0.15) is 17.0 Å². The van der Waals surface area contributed by atoms with Crippen molar-refractivity contribution in [1.82, 2.24) is 14.5 Å². The first-order valence-electron chi connectivity index (χ1n) is 8.79. The van der Waals surface area contributed by atoms with Gasteiger partial charge in [-0.25, -0.2) is 4.39 Å². The van der Waals surface area contributed by atoms with Gasteiger partial charge in [-0.15, -0.1) is 0 Å². The van der Waals surface area contributed by atoms with Crippen molar-refractivity contribution < 1.29 is 13.9 Å². The van der Waals surface area contributed by atoms with Crippen molar-refractivity contribution >= 4 is 16.8 Å². The number of hydrogen-bond donors (Lipinski definition) is 1. The maximum Gasteiger partial charge on any atom is 0.260 e. The summed E-state index contributed by atoms with van der Waals surface area (Å²) >= 11 is 0. The van der Waals surface area contributed by atoms with Gasteiger partial charge in [0.2, 0.25) is 5.43 Å². The third-order valence-electron chi connectivity index (χ3n) is 5.09. The van der Waals surface area contributed by atoms with Crippen LogP contribution in [0.15, 0.2) is 35.3 Å². The minimum absolute atomic E-state index is 0.156. The van der Waals surface area contributed by atoms with Crippen LogP contribution in [-0.2, 0) is 24.8 Å². The number of carbonyl (C=O) groups excluding carboxylic acids is 1. The van der Waals surface area contributed by atoms with E-state index in [-0.39, 0.29) is 29.5 Å². The Morgan fingerprint density at radius 2 is 2.15 bits per heavy atom. The Morgan fingerprint density at radius 3 is 2.96 bits per heavy atom.